The summed E-state index contributed by atoms with van der Waals surface area (Å²) in [6.07, 6.45) is 0. The Morgan fingerprint density at radius 2 is 2.38 bits per heavy atom. The van der Waals surface area contributed by atoms with Gasteiger partial charge in [-0.2, -0.15) is 0 Å². The summed E-state index contributed by atoms with van der Waals surface area (Å²) >= 11 is 8.58. The number of aromatic nitrogens is 1. The van der Waals surface area contributed by atoms with Gasteiger partial charge in [0.15, 0.2) is 4.34 Å². The SMILES string of the molecule is CC(Sc1nc2cc(Cl)ccc2s1)C(=O)O. The fraction of sp³-hybridized carbons (Fsp3) is 0.200. The number of benzene rings is 1. The molecule has 0 saturated carbocycles. The van der Waals surface area contributed by atoms with Crippen LogP contribution in [0.1, 0.15) is 6.92 Å². The van der Waals surface area contributed by atoms with Gasteiger partial charge in [0.2, 0.25) is 0 Å². The molecule has 0 fully saturated rings. The summed E-state index contributed by atoms with van der Waals surface area (Å²) in [4.78, 5) is 15.0. The summed E-state index contributed by atoms with van der Waals surface area (Å²) in [5.74, 6) is -0.831. The van der Waals surface area contributed by atoms with E-state index in [1.54, 1.807) is 19.1 Å². The molecule has 6 heteroatoms. The van der Waals surface area contributed by atoms with Crippen LogP contribution in [-0.4, -0.2) is 21.3 Å². The molecule has 0 saturated heterocycles. The molecule has 1 unspecified atom stereocenters. The molecule has 2 aromatic rings. The Hall–Kier alpha value is -0.780. The standard InChI is InChI=1S/C10H8ClNO2S2/c1-5(9(13)14)15-10-12-7-4-6(11)2-3-8(7)16-10/h2-5H,1H3,(H,13,14). The first-order valence-corrected chi connectivity index (χ1v) is 6.59. The zero-order valence-corrected chi connectivity index (χ0v) is 10.7. The number of aliphatic carboxylic acids is 1. The second-order valence-electron chi connectivity index (χ2n) is 3.19. The minimum atomic E-state index is -0.831. The molecular formula is C10H8ClNO2S2. The Balaban J connectivity index is 2.29. The summed E-state index contributed by atoms with van der Waals surface area (Å²) in [5, 5.41) is 8.95. The maximum Gasteiger partial charge on any atom is 0.316 e. The molecule has 2 rings (SSSR count). The van der Waals surface area contributed by atoms with Gasteiger partial charge in [-0.05, 0) is 25.1 Å². The number of nitrogens with zero attached hydrogens (tertiary/aromatic N) is 1. The Labute approximate surface area is 105 Å². The highest BCUT2D eigenvalue weighted by Crippen LogP contribution is 2.33. The van der Waals surface area contributed by atoms with Crippen LogP contribution in [0.4, 0.5) is 0 Å². The van der Waals surface area contributed by atoms with Crippen molar-refractivity contribution in [3.05, 3.63) is 23.2 Å². The number of fused-ring (bicyclic) bond motifs is 1. The Morgan fingerprint density at radius 1 is 1.62 bits per heavy atom. The molecule has 0 radical (unpaired) electrons. The Morgan fingerprint density at radius 3 is 3.06 bits per heavy atom. The van der Waals surface area contributed by atoms with Crippen LogP contribution in [0.3, 0.4) is 0 Å². The third kappa shape index (κ3) is 2.48. The van der Waals surface area contributed by atoms with E-state index >= 15 is 0 Å². The second kappa shape index (κ2) is 4.61. The lowest BCUT2D eigenvalue weighted by Gasteiger charge is -2.00. The van der Waals surface area contributed by atoms with E-state index in [9.17, 15) is 4.79 Å². The third-order valence-electron chi connectivity index (χ3n) is 1.96. The zero-order valence-electron chi connectivity index (χ0n) is 8.31. The van der Waals surface area contributed by atoms with Crippen LogP contribution in [0, 0.1) is 0 Å². The summed E-state index contributed by atoms with van der Waals surface area (Å²) < 4.78 is 1.77. The smallest absolute Gasteiger partial charge is 0.316 e. The van der Waals surface area contributed by atoms with E-state index in [2.05, 4.69) is 4.98 Å². The molecule has 0 aliphatic heterocycles. The van der Waals surface area contributed by atoms with Crippen LogP contribution in [-0.2, 0) is 4.79 Å². The van der Waals surface area contributed by atoms with Crippen LogP contribution >= 0.6 is 34.7 Å². The number of rotatable bonds is 3. The van der Waals surface area contributed by atoms with E-state index in [-0.39, 0.29) is 0 Å². The van der Waals surface area contributed by atoms with Crippen molar-refractivity contribution in [2.45, 2.75) is 16.5 Å². The van der Waals surface area contributed by atoms with Crippen molar-refractivity contribution in [1.82, 2.24) is 4.98 Å². The summed E-state index contributed by atoms with van der Waals surface area (Å²) in [7, 11) is 0. The van der Waals surface area contributed by atoms with Gasteiger partial charge in [-0.15, -0.1) is 11.3 Å². The maximum atomic E-state index is 10.7. The number of thioether (sulfide) groups is 1. The molecule has 0 aliphatic carbocycles. The van der Waals surface area contributed by atoms with Crippen LogP contribution in [0.15, 0.2) is 22.5 Å². The van der Waals surface area contributed by atoms with E-state index in [0.29, 0.717) is 5.02 Å². The molecule has 0 aliphatic rings. The van der Waals surface area contributed by atoms with Crippen molar-refractivity contribution in [2.75, 3.05) is 0 Å². The zero-order chi connectivity index (χ0) is 11.7. The topological polar surface area (TPSA) is 50.2 Å². The van der Waals surface area contributed by atoms with E-state index in [1.165, 1.54) is 23.1 Å². The van der Waals surface area contributed by atoms with Gasteiger partial charge in [-0.25, -0.2) is 4.98 Å². The Kier molecular flexibility index (Phi) is 3.37. The van der Waals surface area contributed by atoms with Gasteiger partial charge >= 0.3 is 5.97 Å². The van der Waals surface area contributed by atoms with Crippen LogP contribution in [0.5, 0.6) is 0 Å². The van der Waals surface area contributed by atoms with Gasteiger partial charge in [0, 0.05) is 5.02 Å². The van der Waals surface area contributed by atoms with Gasteiger partial charge in [-0.1, -0.05) is 23.4 Å². The molecule has 84 valence electrons. The van der Waals surface area contributed by atoms with E-state index < -0.39 is 11.2 Å². The summed E-state index contributed by atoms with van der Waals surface area (Å²) in [5.41, 5.74) is 0.817. The molecule has 3 nitrogen and oxygen atoms in total. The molecule has 0 bridgehead atoms. The molecule has 0 spiro atoms. The predicted octanol–water partition coefficient (Wildman–Crippen LogP) is 3.51. The first-order chi connectivity index (χ1) is 7.56. The highest BCUT2D eigenvalue weighted by Gasteiger charge is 2.15. The van der Waals surface area contributed by atoms with E-state index in [4.69, 9.17) is 16.7 Å². The minimum absolute atomic E-state index is 0.490. The van der Waals surface area contributed by atoms with Gasteiger partial charge in [0.25, 0.3) is 0 Å². The maximum absolute atomic E-state index is 10.7. The average molecular weight is 274 g/mol. The molecule has 1 heterocycles. The fourth-order valence-electron chi connectivity index (χ4n) is 1.13. The van der Waals surface area contributed by atoms with Gasteiger partial charge in [-0.3, -0.25) is 4.79 Å². The number of carboxylic acids is 1. The van der Waals surface area contributed by atoms with E-state index in [1.807, 2.05) is 6.07 Å². The van der Waals surface area contributed by atoms with Crippen molar-refractivity contribution < 1.29 is 9.90 Å². The fourth-order valence-corrected chi connectivity index (χ4v) is 3.42. The molecule has 0 amide bonds. The molecule has 16 heavy (non-hydrogen) atoms. The van der Waals surface area contributed by atoms with Crippen LogP contribution in [0.2, 0.25) is 5.02 Å². The highest BCUT2D eigenvalue weighted by molar-refractivity contribution is 8.02. The van der Waals surface area contributed by atoms with Gasteiger partial charge in [0.05, 0.1) is 10.2 Å². The molecule has 1 atom stereocenters. The predicted molar refractivity (Wildman–Crippen MR) is 67.6 cm³/mol. The van der Waals surface area contributed by atoms with Gasteiger partial charge < -0.3 is 5.11 Å². The lowest BCUT2D eigenvalue weighted by molar-refractivity contribution is -0.136. The number of carbonyl (C=O) groups is 1. The second-order valence-corrected chi connectivity index (χ2v) is 6.25. The first-order valence-electron chi connectivity index (χ1n) is 4.52. The van der Waals surface area contributed by atoms with Gasteiger partial charge in [0.1, 0.15) is 5.25 Å². The number of carboxylic acid groups (broad SMARTS) is 1. The number of thiazole rings is 1. The van der Waals surface area contributed by atoms with Crippen molar-refractivity contribution in [3.8, 4) is 0 Å². The number of halogens is 1. The summed E-state index contributed by atoms with van der Waals surface area (Å²) in [6.45, 7) is 1.64. The quantitative estimate of drug-likeness (QED) is 0.870. The van der Waals surface area contributed by atoms with Crippen LogP contribution < -0.4 is 0 Å². The lowest BCUT2D eigenvalue weighted by Crippen LogP contribution is -2.10. The van der Waals surface area contributed by atoms with Crippen LogP contribution in [0.25, 0.3) is 10.2 Å². The van der Waals surface area contributed by atoms with E-state index in [0.717, 1.165) is 14.6 Å². The lowest BCUT2D eigenvalue weighted by atomic mass is 10.3. The molecule has 1 N–H and O–H groups in total. The van der Waals surface area contributed by atoms with Crippen molar-refractivity contribution in [2.24, 2.45) is 0 Å². The molecular weight excluding hydrogens is 266 g/mol. The highest BCUT2D eigenvalue weighted by atomic mass is 35.5. The number of hydrogen-bond acceptors (Lipinski definition) is 4. The first kappa shape index (κ1) is 11.7. The average Bonchev–Trinajstić information content (AvgIpc) is 2.58. The largest absolute Gasteiger partial charge is 0.480 e. The van der Waals surface area contributed by atoms with Crippen molar-refractivity contribution in [3.63, 3.8) is 0 Å². The molecule has 1 aromatic carbocycles. The normalized spacial score (nSPS) is 12.9. The number of hydrogen-bond donors (Lipinski definition) is 1. The summed E-state index contributed by atoms with van der Waals surface area (Å²) in [6, 6.07) is 5.48. The minimum Gasteiger partial charge on any atom is -0.480 e. The third-order valence-corrected chi connectivity index (χ3v) is 4.41. The Bertz CT molecular complexity index is 541. The van der Waals surface area contributed by atoms with Crippen molar-refractivity contribution in [1.29, 1.82) is 0 Å². The molecule has 1 aromatic heterocycles. The van der Waals surface area contributed by atoms with Crippen molar-refractivity contribution >= 4 is 50.9 Å². The monoisotopic (exact) mass is 273 g/mol.